The summed E-state index contributed by atoms with van der Waals surface area (Å²) < 4.78 is 0. The van der Waals surface area contributed by atoms with Crippen molar-refractivity contribution in [3.63, 3.8) is 0 Å². The lowest BCUT2D eigenvalue weighted by Crippen LogP contribution is -2.33. The lowest BCUT2D eigenvalue weighted by molar-refractivity contribution is -0.125. The number of halogens is 2. The molecule has 0 N–H and O–H groups in total. The zero-order valence-corrected chi connectivity index (χ0v) is 10.6. The molecule has 2 rings (SSSR count). The molecule has 1 atom stereocenters. The number of pyridine rings is 1. The van der Waals surface area contributed by atoms with Gasteiger partial charge in [-0.15, -0.1) is 0 Å². The van der Waals surface area contributed by atoms with Gasteiger partial charge in [0.05, 0.1) is 5.02 Å². The Labute approximate surface area is 109 Å². The molecule has 6 heteroatoms. The number of imide groups is 1. The van der Waals surface area contributed by atoms with Crippen molar-refractivity contribution < 1.29 is 9.59 Å². The maximum Gasteiger partial charge on any atom is 0.280 e. The van der Waals surface area contributed by atoms with Gasteiger partial charge in [-0.3, -0.25) is 14.5 Å². The van der Waals surface area contributed by atoms with Crippen LogP contribution in [0.3, 0.4) is 0 Å². The highest BCUT2D eigenvalue weighted by Gasteiger charge is 2.33. The summed E-state index contributed by atoms with van der Waals surface area (Å²) in [6.07, 6.45) is 0.379. The van der Waals surface area contributed by atoms with E-state index >= 15 is 0 Å². The number of aromatic nitrogens is 1. The summed E-state index contributed by atoms with van der Waals surface area (Å²) in [7, 11) is 0. The van der Waals surface area contributed by atoms with Crippen molar-refractivity contribution in [2.45, 2.75) is 13.3 Å². The van der Waals surface area contributed by atoms with E-state index in [0.29, 0.717) is 13.0 Å². The fraction of sp³-hybridized carbons (Fsp3) is 0.364. The normalized spacial score (nSPS) is 19.8. The van der Waals surface area contributed by atoms with Gasteiger partial charge in [-0.2, -0.15) is 0 Å². The highest BCUT2D eigenvalue weighted by molar-refractivity contribution is 6.35. The third-order valence-electron chi connectivity index (χ3n) is 2.58. The number of hydrogen-bond acceptors (Lipinski definition) is 3. The summed E-state index contributed by atoms with van der Waals surface area (Å²) in [5.41, 5.74) is 0.0293. The molecule has 17 heavy (non-hydrogen) atoms. The highest BCUT2D eigenvalue weighted by Crippen LogP contribution is 2.23. The van der Waals surface area contributed by atoms with E-state index in [1.54, 1.807) is 0 Å². The van der Waals surface area contributed by atoms with E-state index in [2.05, 4.69) is 4.98 Å². The second-order valence-electron chi connectivity index (χ2n) is 4.08. The molecular weight excluding hydrogens is 263 g/mol. The summed E-state index contributed by atoms with van der Waals surface area (Å²) in [5, 5.41) is 0.379. The second-order valence-corrected chi connectivity index (χ2v) is 4.88. The average molecular weight is 273 g/mol. The zero-order valence-electron chi connectivity index (χ0n) is 9.11. The van der Waals surface area contributed by atoms with Crippen LogP contribution in [0.1, 0.15) is 23.8 Å². The van der Waals surface area contributed by atoms with E-state index in [9.17, 15) is 9.59 Å². The number of carbonyl (C=O) groups is 2. The van der Waals surface area contributed by atoms with Crippen LogP contribution in [0, 0.1) is 5.92 Å². The summed E-state index contributed by atoms with van der Waals surface area (Å²) in [4.78, 5) is 28.7. The summed E-state index contributed by atoms with van der Waals surface area (Å²) in [5.74, 6) is -0.503. The Bertz CT molecular complexity index is 490. The van der Waals surface area contributed by atoms with Gasteiger partial charge in [0, 0.05) is 13.0 Å². The first-order valence-corrected chi connectivity index (χ1v) is 5.91. The van der Waals surface area contributed by atoms with Gasteiger partial charge in [-0.1, -0.05) is 30.1 Å². The molecule has 4 nitrogen and oxygen atoms in total. The first-order chi connectivity index (χ1) is 7.99. The van der Waals surface area contributed by atoms with Crippen molar-refractivity contribution >= 4 is 35.0 Å². The third kappa shape index (κ3) is 2.42. The first kappa shape index (κ1) is 12.3. The molecule has 1 aliphatic heterocycles. The van der Waals surface area contributed by atoms with Crippen LogP contribution in [0.5, 0.6) is 0 Å². The molecule has 1 unspecified atom stereocenters. The molecule has 0 radical (unpaired) electrons. The predicted octanol–water partition coefficient (Wildman–Crippen LogP) is 2.40. The average Bonchev–Trinajstić information content (AvgIpc) is 2.60. The Morgan fingerprint density at radius 3 is 2.76 bits per heavy atom. The van der Waals surface area contributed by atoms with Crippen molar-refractivity contribution in [1.82, 2.24) is 9.88 Å². The molecule has 0 saturated carbocycles. The third-order valence-corrected chi connectivity index (χ3v) is 3.09. The van der Waals surface area contributed by atoms with Gasteiger partial charge in [0.15, 0.2) is 0 Å². The van der Waals surface area contributed by atoms with E-state index in [4.69, 9.17) is 23.2 Å². The molecule has 1 saturated heterocycles. The molecular formula is C11H10Cl2N2O2. The first-order valence-electron chi connectivity index (χ1n) is 5.15. The molecule has 90 valence electrons. The molecule has 0 aromatic carbocycles. The van der Waals surface area contributed by atoms with Crippen LogP contribution in [-0.4, -0.2) is 28.2 Å². The topological polar surface area (TPSA) is 50.3 Å². The van der Waals surface area contributed by atoms with Crippen molar-refractivity contribution in [2.24, 2.45) is 5.92 Å². The Morgan fingerprint density at radius 1 is 1.47 bits per heavy atom. The molecule has 1 aromatic rings. The van der Waals surface area contributed by atoms with Gasteiger partial charge in [0.1, 0.15) is 10.8 Å². The fourth-order valence-corrected chi connectivity index (χ4v) is 2.11. The Balaban J connectivity index is 2.31. The second kappa shape index (κ2) is 4.63. The minimum Gasteiger partial charge on any atom is -0.277 e. The molecule has 2 amide bonds. The number of nitrogens with zero attached hydrogens (tertiary/aromatic N) is 2. The van der Waals surface area contributed by atoms with Crippen molar-refractivity contribution in [3.8, 4) is 0 Å². The lowest BCUT2D eigenvalue weighted by atomic mass is 10.2. The summed E-state index contributed by atoms with van der Waals surface area (Å²) >= 11 is 11.6. The predicted molar refractivity (Wildman–Crippen MR) is 64.1 cm³/mol. The molecule has 0 spiro atoms. The number of rotatable bonds is 1. The Morgan fingerprint density at radius 2 is 2.18 bits per heavy atom. The van der Waals surface area contributed by atoms with Crippen LogP contribution in [0.15, 0.2) is 12.1 Å². The molecule has 0 bridgehead atoms. The SMILES string of the molecule is CC1CC(=O)N(C(=O)c2nc(Cl)ccc2Cl)C1. The Hall–Kier alpha value is -1.13. The van der Waals surface area contributed by atoms with E-state index < -0.39 is 5.91 Å². The number of likely N-dealkylation sites (tertiary alicyclic amines) is 1. The van der Waals surface area contributed by atoms with E-state index in [0.717, 1.165) is 0 Å². The van der Waals surface area contributed by atoms with Crippen LogP contribution in [-0.2, 0) is 4.79 Å². The van der Waals surface area contributed by atoms with Gasteiger partial charge < -0.3 is 0 Å². The van der Waals surface area contributed by atoms with Crippen molar-refractivity contribution in [3.05, 3.63) is 28.0 Å². The minimum absolute atomic E-state index is 0.0293. The smallest absolute Gasteiger partial charge is 0.277 e. The zero-order chi connectivity index (χ0) is 12.6. The van der Waals surface area contributed by atoms with Gasteiger partial charge in [0.2, 0.25) is 5.91 Å². The summed E-state index contributed by atoms with van der Waals surface area (Å²) in [6.45, 7) is 2.32. The van der Waals surface area contributed by atoms with Gasteiger partial charge in [0.25, 0.3) is 5.91 Å². The van der Waals surface area contributed by atoms with Crippen LogP contribution in [0.25, 0.3) is 0 Å². The molecule has 1 aromatic heterocycles. The maximum absolute atomic E-state index is 12.1. The largest absolute Gasteiger partial charge is 0.280 e. The number of hydrogen-bond donors (Lipinski definition) is 0. The van der Waals surface area contributed by atoms with E-state index in [1.807, 2.05) is 6.92 Å². The van der Waals surface area contributed by atoms with Gasteiger partial charge in [-0.05, 0) is 18.1 Å². The van der Waals surface area contributed by atoms with E-state index in [1.165, 1.54) is 17.0 Å². The quantitative estimate of drug-likeness (QED) is 0.583. The van der Waals surface area contributed by atoms with Crippen LogP contribution in [0.2, 0.25) is 10.2 Å². The van der Waals surface area contributed by atoms with Crippen molar-refractivity contribution in [2.75, 3.05) is 6.54 Å². The van der Waals surface area contributed by atoms with Gasteiger partial charge in [-0.25, -0.2) is 4.98 Å². The Kier molecular flexibility index (Phi) is 3.35. The fourth-order valence-electron chi connectivity index (χ4n) is 1.78. The van der Waals surface area contributed by atoms with E-state index in [-0.39, 0.29) is 27.7 Å². The molecule has 1 fully saturated rings. The number of carbonyl (C=O) groups excluding carboxylic acids is 2. The maximum atomic E-state index is 12.1. The monoisotopic (exact) mass is 272 g/mol. The van der Waals surface area contributed by atoms with Crippen LogP contribution >= 0.6 is 23.2 Å². The lowest BCUT2D eigenvalue weighted by Gasteiger charge is -2.14. The van der Waals surface area contributed by atoms with Crippen molar-refractivity contribution in [1.29, 1.82) is 0 Å². The highest BCUT2D eigenvalue weighted by atomic mass is 35.5. The van der Waals surface area contributed by atoms with Crippen LogP contribution < -0.4 is 0 Å². The molecule has 1 aliphatic rings. The molecule has 2 heterocycles. The minimum atomic E-state index is -0.480. The van der Waals surface area contributed by atoms with Gasteiger partial charge >= 0.3 is 0 Å². The standard InChI is InChI=1S/C11H10Cl2N2O2/c1-6-4-9(16)15(5-6)11(17)10-7(12)2-3-8(13)14-10/h2-3,6H,4-5H2,1H3. The number of amides is 2. The summed E-state index contributed by atoms with van der Waals surface area (Å²) in [6, 6.07) is 2.99. The van der Waals surface area contributed by atoms with Crippen LogP contribution in [0.4, 0.5) is 0 Å². The molecule has 0 aliphatic carbocycles.